The second-order valence-corrected chi connectivity index (χ2v) is 6.84. The smallest absolute Gasteiger partial charge is 0.319 e. The van der Waals surface area contributed by atoms with Crippen molar-refractivity contribution in [1.82, 2.24) is 15.1 Å². The minimum atomic E-state index is -0.540. The summed E-state index contributed by atoms with van der Waals surface area (Å²) in [7, 11) is 0. The molecule has 1 unspecified atom stereocenters. The summed E-state index contributed by atoms with van der Waals surface area (Å²) in [4.78, 5) is 12.2. The first-order valence-electron chi connectivity index (χ1n) is 8.26. The molecule has 1 atom stereocenters. The van der Waals surface area contributed by atoms with Crippen LogP contribution >= 0.6 is 0 Å². The number of aliphatic hydroxyl groups is 1. The van der Waals surface area contributed by atoms with Gasteiger partial charge in [0.15, 0.2) is 0 Å². The quantitative estimate of drug-likeness (QED) is 0.762. The van der Waals surface area contributed by atoms with Crippen molar-refractivity contribution >= 4 is 11.7 Å². The Kier molecular flexibility index (Phi) is 4.57. The Bertz CT molecular complexity index is 706. The molecule has 2 aromatic rings. The molecule has 1 aromatic carbocycles. The van der Waals surface area contributed by atoms with Crippen molar-refractivity contribution in [3.63, 3.8) is 0 Å². The van der Waals surface area contributed by atoms with Crippen LogP contribution < -0.4 is 10.6 Å². The third kappa shape index (κ3) is 3.94. The predicted octanol–water partition coefficient (Wildman–Crippen LogP) is 2.52. The Morgan fingerprint density at radius 1 is 1.38 bits per heavy atom. The van der Waals surface area contributed by atoms with Crippen LogP contribution in [0.15, 0.2) is 36.7 Å². The zero-order valence-electron chi connectivity index (χ0n) is 14.1. The SMILES string of the molecule is Cc1cnn(Cc2ccc(NC(=O)NC(C)(CO)C3CC3)cc2)c1. The van der Waals surface area contributed by atoms with E-state index in [1.54, 1.807) is 0 Å². The van der Waals surface area contributed by atoms with Gasteiger partial charge in [0.1, 0.15) is 0 Å². The first-order chi connectivity index (χ1) is 11.5. The number of carbonyl (C=O) groups excluding carboxylic acids is 1. The number of hydrogen-bond acceptors (Lipinski definition) is 3. The molecule has 1 heterocycles. The Labute approximate surface area is 141 Å². The number of aromatic nitrogens is 2. The van der Waals surface area contributed by atoms with Crippen LogP contribution in [0.4, 0.5) is 10.5 Å². The lowest BCUT2D eigenvalue weighted by Gasteiger charge is -2.28. The van der Waals surface area contributed by atoms with Gasteiger partial charge in [-0.3, -0.25) is 4.68 Å². The number of aliphatic hydroxyl groups excluding tert-OH is 1. The van der Waals surface area contributed by atoms with E-state index < -0.39 is 5.54 Å². The molecule has 1 aromatic heterocycles. The van der Waals surface area contributed by atoms with Crippen LogP contribution in [0.3, 0.4) is 0 Å². The molecule has 0 aliphatic heterocycles. The van der Waals surface area contributed by atoms with Crippen molar-refractivity contribution in [2.45, 2.75) is 38.8 Å². The minimum absolute atomic E-state index is 0.0483. The summed E-state index contributed by atoms with van der Waals surface area (Å²) in [5, 5.41) is 19.5. The van der Waals surface area contributed by atoms with Crippen LogP contribution in [-0.2, 0) is 6.54 Å². The van der Waals surface area contributed by atoms with Crippen LogP contribution in [0.25, 0.3) is 0 Å². The number of amides is 2. The maximum atomic E-state index is 12.2. The molecule has 0 radical (unpaired) electrons. The molecule has 6 heteroatoms. The number of nitrogens with one attached hydrogen (secondary N) is 2. The zero-order valence-corrected chi connectivity index (χ0v) is 14.1. The van der Waals surface area contributed by atoms with Crippen LogP contribution in [0.1, 0.15) is 30.9 Å². The Hall–Kier alpha value is -2.34. The van der Waals surface area contributed by atoms with Gasteiger partial charge < -0.3 is 15.7 Å². The average Bonchev–Trinajstić information content (AvgIpc) is 3.33. The van der Waals surface area contributed by atoms with Gasteiger partial charge in [-0.1, -0.05) is 12.1 Å². The highest BCUT2D eigenvalue weighted by atomic mass is 16.3. The van der Waals surface area contributed by atoms with Crippen molar-refractivity contribution in [2.75, 3.05) is 11.9 Å². The van der Waals surface area contributed by atoms with Gasteiger partial charge in [-0.05, 0) is 55.9 Å². The highest BCUT2D eigenvalue weighted by Gasteiger charge is 2.42. The van der Waals surface area contributed by atoms with E-state index in [9.17, 15) is 9.90 Å². The number of nitrogens with zero attached hydrogens (tertiary/aromatic N) is 2. The molecular formula is C18H24N4O2. The van der Waals surface area contributed by atoms with E-state index in [4.69, 9.17) is 0 Å². The highest BCUT2D eigenvalue weighted by Crippen LogP contribution is 2.39. The molecule has 0 saturated heterocycles. The number of benzene rings is 1. The normalized spacial score (nSPS) is 16.5. The molecule has 3 rings (SSSR count). The predicted molar refractivity (Wildman–Crippen MR) is 92.9 cm³/mol. The number of hydrogen-bond donors (Lipinski definition) is 3. The molecule has 1 aliphatic carbocycles. The zero-order chi connectivity index (χ0) is 17.2. The molecule has 1 aliphatic rings. The standard InChI is InChI=1S/C18H24N4O2/c1-13-9-19-22(10-13)11-14-3-7-16(8-4-14)20-17(24)21-18(2,12-23)15-5-6-15/h3-4,7-10,15,23H,5-6,11-12H2,1-2H3,(H2,20,21,24). The number of rotatable bonds is 6. The van der Waals surface area contributed by atoms with Gasteiger partial charge in [0.05, 0.1) is 24.9 Å². The number of anilines is 1. The number of aryl methyl sites for hydroxylation is 1. The van der Waals surface area contributed by atoms with Gasteiger partial charge in [0.25, 0.3) is 0 Å². The molecule has 1 saturated carbocycles. The van der Waals surface area contributed by atoms with Crippen molar-refractivity contribution in [2.24, 2.45) is 5.92 Å². The van der Waals surface area contributed by atoms with E-state index >= 15 is 0 Å². The van der Waals surface area contributed by atoms with Crippen LogP contribution in [0.2, 0.25) is 0 Å². The van der Waals surface area contributed by atoms with E-state index in [1.165, 1.54) is 0 Å². The van der Waals surface area contributed by atoms with E-state index in [-0.39, 0.29) is 12.6 Å². The third-order valence-corrected chi connectivity index (χ3v) is 4.52. The lowest BCUT2D eigenvalue weighted by Crippen LogP contribution is -2.52. The third-order valence-electron chi connectivity index (χ3n) is 4.52. The van der Waals surface area contributed by atoms with Crippen molar-refractivity contribution in [3.8, 4) is 0 Å². The van der Waals surface area contributed by atoms with E-state index in [2.05, 4.69) is 15.7 Å². The van der Waals surface area contributed by atoms with Gasteiger partial charge in [0.2, 0.25) is 0 Å². The van der Waals surface area contributed by atoms with Gasteiger partial charge in [-0.25, -0.2) is 4.79 Å². The van der Waals surface area contributed by atoms with Crippen molar-refractivity contribution in [1.29, 1.82) is 0 Å². The minimum Gasteiger partial charge on any atom is -0.394 e. The second kappa shape index (κ2) is 6.65. The van der Waals surface area contributed by atoms with Crippen LogP contribution in [0, 0.1) is 12.8 Å². The Morgan fingerprint density at radius 2 is 2.08 bits per heavy atom. The summed E-state index contributed by atoms with van der Waals surface area (Å²) in [6, 6.07) is 7.41. The summed E-state index contributed by atoms with van der Waals surface area (Å²) in [6.07, 6.45) is 5.93. The summed E-state index contributed by atoms with van der Waals surface area (Å²) in [6.45, 7) is 4.55. The Morgan fingerprint density at radius 3 is 2.62 bits per heavy atom. The van der Waals surface area contributed by atoms with Crippen LogP contribution in [-0.4, -0.2) is 33.1 Å². The second-order valence-electron chi connectivity index (χ2n) is 6.84. The largest absolute Gasteiger partial charge is 0.394 e. The van der Waals surface area contributed by atoms with Crippen LogP contribution in [0.5, 0.6) is 0 Å². The first kappa shape index (κ1) is 16.5. The summed E-state index contributed by atoms with van der Waals surface area (Å²) >= 11 is 0. The monoisotopic (exact) mass is 328 g/mol. The van der Waals surface area contributed by atoms with Gasteiger partial charge in [-0.2, -0.15) is 5.10 Å². The molecule has 24 heavy (non-hydrogen) atoms. The summed E-state index contributed by atoms with van der Waals surface area (Å²) in [5.41, 5.74) is 2.43. The maximum absolute atomic E-state index is 12.2. The average molecular weight is 328 g/mol. The lowest BCUT2D eigenvalue weighted by atomic mass is 9.97. The molecule has 128 valence electrons. The molecule has 3 N–H and O–H groups in total. The topological polar surface area (TPSA) is 79.2 Å². The molecule has 0 spiro atoms. The Balaban J connectivity index is 1.56. The van der Waals surface area contributed by atoms with E-state index in [0.29, 0.717) is 12.5 Å². The fourth-order valence-electron chi connectivity index (χ4n) is 2.85. The summed E-state index contributed by atoms with van der Waals surface area (Å²) in [5.74, 6) is 0.369. The maximum Gasteiger partial charge on any atom is 0.319 e. The van der Waals surface area contributed by atoms with Gasteiger partial charge in [0, 0.05) is 11.9 Å². The molecule has 1 fully saturated rings. The first-order valence-corrected chi connectivity index (χ1v) is 8.26. The van der Waals surface area contributed by atoms with E-state index in [1.807, 2.05) is 55.2 Å². The number of carbonyl (C=O) groups is 1. The molecule has 2 amide bonds. The highest BCUT2D eigenvalue weighted by molar-refractivity contribution is 5.89. The molecule has 6 nitrogen and oxygen atoms in total. The lowest BCUT2D eigenvalue weighted by molar-refractivity contribution is 0.159. The molecule has 0 bridgehead atoms. The fourth-order valence-corrected chi connectivity index (χ4v) is 2.85. The molecular weight excluding hydrogens is 304 g/mol. The van der Waals surface area contributed by atoms with Crippen molar-refractivity contribution in [3.05, 3.63) is 47.8 Å². The van der Waals surface area contributed by atoms with Gasteiger partial charge >= 0.3 is 6.03 Å². The van der Waals surface area contributed by atoms with Gasteiger partial charge in [-0.15, -0.1) is 0 Å². The summed E-state index contributed by atoms with van der Waals surface area (Å²) < 4.78 is 1.88. The van der Waals surface area contributed by atoms with Crippen molar-refractivity contribution < 1.29 is 9.90 Å². The fraction of sp³-hybridized carbons (Fsp3) is 0.444. The number of urea groups is 1. The van der Waals surface area contributed by atoms with E-state index in [0.717, 1.165) is 29.7 Å².